The van der Waals surface area contributed by atoms with E-state index in [4.69, 9.17) is 0 Å². The van der Waals surface area contributed by atoms with Gasteiger partial charge in [0.15, 0.2) is 5.82 Å². The number of nitrogens with one attached hydrogen (secondary N) is 3. The molecule has 0 aliphatic carbocycles. The van der Waals surface area contributed by atoms with Crippen molar-refractivity contribution in [3.8, 4) is 0 Å². The number of carbonyl (C=O) groups is 1. The van der Waals surface area contributed by atoms with Crippen LogP contribution in [-0.4, -0.2) is 21.4 Å². The van der Waals surface area contributed by atoms with Crippen LogP contribution in [0.2, 0.25) is 0 Å². The number of amides is 2. The van der Waals surface area contributed by atoms with Crippen molar-refractivity contribution in [2.45, 2.75) is 6.92 Å². The van der Waals surface area contributed by atoms with Crippen molar-refractivity contribution in [1.29, 1.82) is 0 Å². The number of carbonyl (C=O) groups excluding carboxylic acids is 1. The van der Waals surface area contributed by atoms with Crippen LogP contribution in [-0.2, 0) is 0 Å². The van der Waals surface area contributed by atoms with Gasteiger partial charge in [0.2, 0.25) is 0 Å². The minimum atomic E-state index is -0.349. The van der Waals surface area contributed by atoms with Gasteiger partial charge in [-0.1, -0.05) is 17.7 Å². The van der Waals surface area contributed by atoms with E-state index in [2.05, 4.69) is 26.0 Å². The third-order valence-corrected chi connectivity index (χ3v) is 1.97. The molecule has 6 nitrogen and oxygen atoms in total. The molecule has 6 heteroatoms. The molecule has 1 heterocycles. The van der Waals surface area contributed by atoms with E-state index in [0.717, 1.165) is 11.3 Å². The van der Waals surface area contributed by atoms with Crippen LogP contribution in [0.15, 0.2) is 30.5 Å². The zero-order chi connectivity index (χ0) is 11.4. The minimum Gasteiger partial charge on any atom is -0.308 e. The second-order valence-corrected chi connectivity index (χ2v) is 3.30. The van der Waals surface area contributed by atoms with Crippen LogP contribution in [0.5, 0.6) is 0 Å². The van der Waals surface area contributed by atoms with E-state index in [1.807, 2.05) is 31.2 Å². The summed E-state index contributed by atoms with van der Waals surface area (Å²) in [6, 6.07) is 7.16. The molecule has 1 aromatic heterocycles. The Bertz CT molecular complexity index is 462. The summed E-state index contributed by atoms with van der Waals surface area (Å²) in [5.41, 5.74) is 1.87. The SMILES string of the molecule is Cc1ccc(NC(=O)Nc2cn[nH]n2)cc1. The van der Waals surface area contributed by atoms with Crippen molar-refractivity contribution in [3.05, 3.63) is 36.0 Å². The average molecular weight is 217 g/mol. The maximum atomic E-state index is 11.5. The highest BCUT2D eigenvalue weighted by Crippen LogP contribution is 2.08. The Labute approximate surface area is 92.1 Å². The Morgan fingerprint density at radius 1 is 1.25 bits per heavy atom. The van der Waals surface area contributed by atoms with E-state index in [9.17, 15) is 4.79 Å². The van der Waals surface area contributed by atoms with Gasteiger partial charge in [-0.3, -0.25) is 5.32 Å². The lowest BCUT2D eigenvalue weighted by molar-refractivity contribution is 0.262. The van der Waals surface area contributed by atoms with E-state index >= 15 is 0 Å². The van der Waals surface area contributed by atoms with Crippen LogP contribution < -0.4 is 10.6 Å². The Morgan fingerprint density at radius 3 is 2.62 bits per heavy atom. The van der Waals surface area contributed by atoms with Crippen molar-refractivity contribution < 1.29 is 4.79 Å². The Kier molecular flexibility index (Phi) is 2.81. The molecule has 0 aliphatic heterocycles. The zero-order valence-corrected chi connectivity index (χ0v) is 8.69. The molecule has 1 aromatic carbocycles. The molecule has 3 N–H and O–H groups in total. The summed E-state index contributed by atoms with van der Waals surface area (Å²) in [6.07, 6.45) is 1.43. The molecule has 0 saturated carbocycles. The molecule has 0 unspecified atom stereocenters. The summed E-state index contributed by atoms with van der Waals surface area (Å²) in [6.45, 7) is 1.99. The average Bonchev–Trinajstić information content (AvgIpc) is 2.74. The van der Waals surface area contributed by atoms with Crippen LogP contribution in [0.25, 0.3) is 0 Å². The fourth-order valence-corrected chi connectivity index (χ4v) is 1.18. The third-order valence-electron chi connectivity index (χ3n) is 1.97. The van der Waals surface area contributed by atoms with Crippen LogP contribution in [0.4, 0.5) is 16.3 Å². The van der Waals surface area contributed by atoms with Crippen molar-refractivity contribution in [2.24, 2.45) is 0 Å². The number of aromatic nitrogens is 3. The quantitative estimate of drug-likeness (QED) is 0.716. The molecule has 0 spiro atoms. The molecule has 0 atom stereocenters. The van der Waals surface area contributed by atoms with Gasteiger partial charge in [0.25, 0.3) is 0 Å². The molecule has 0 radical (unpaired) electrons. The summed E-state index contributed by atoms with van der Waals surface area (Å²) in [5.74, 6) is 0.379. The first-order valence-electron chi connectivity index (χ1n) is 4.74. The van der Waals surface area contributed by atoms with E-state index in [1.54, 1.807) is 0 Å². The monoisotopic (exact) mass is 217 g/mol. The number of hydrogen-bond donors (Lipinski definition) is 3. The fourth-order valence-electron chi connectivity index (χ4n) is 1.18. The minimum absolute atomic E-state index is 0.349. The van der Waals surface area contributed by atoms with E-state index in [-0.39, 0.29) is 6.03 Å². The lowest BCUT2D eigenvalue weighted by Crippen LogP contribution is -2.19. The number of rotatable bonds is 2. The number of anilines is 2. The predicted molar refractivity (Wildman–Crippen MR) is 60.2 cm³/mol. The standard InChI is InChI=1S/C10H11N5O/c1-7-2-4-8(5-3-7)12-10(16)13-9-6-11-15-14-9/h2-6H,1H3,(H3,11,12,13,14,15,16). The molecule has 0 saturated heterocycles. The highest BCUT2D eigenvalue weighted by molar-refractivity contribution is 5.98. The Hall–Kier alpha value is -2.37. The summed E-state index contributed by atoms with van der Waals surface area (Å²) < 4.78 is 0. The van der Waals surface area contributed by atoms with Crippen molar-refractivity contribution >= 4 is 17.5 Å². The van der Waals surface area contributed by atoms with Crippen LogP contribution in [0, 0.1) is 6.92 Å². The molecule has 2 rings (SSSR count). The summed E-state index contributed by atoms with van der Waals surface area (Å²) in [4.78, 5) is 11.5. The first-order valence-corrected chi connectivity index (χ1v) is 4.74. The Balaban J connectivity index is 1.95. The molecule has 0 bridgehead atoms. The van der Waals surface area contributed by atoms with Gasteiger partial charge >= 0.3 is 6.03 Å². The number of aryl methyl sites for hydroxylation is 1. The number of aromatic amines is 1. The lowest BCUT2D eigenvalue weighted by Gasteiger charge is -2.05. The van der Waals surface area contributed by atoms with Crippen molar-refractivity contribution in [1.82, 2.24) is 15.4 Å². The number of nitrogens with zero attached hydrogens (tertiary/aromatic N) is 2. The van der Waals surface area contributed by atoms with Crippen molar-refractivity contribution in [3.63, 3.8) is 0 Å². The number of hydrogen-bond acceptors (Lipinski definition) is 3. The van der Waals surface area contributed by atoms with Crippen LogP contribution in [0.1, 0.15) is 5.56 Å². The first kappa shape index (κ1) is 10.2. The number of H-pyrrole nitrogens is 1. The summed E-state index contributed by atoms with van der Waals surface area (Å²) >= 11 is 0. The Morgan fingerprint density at radius 2 is 2.00 bits per heavy atom. The molecule has 2 aromatic rings. The smallest absolute Gasteiger partial charge is 0.308 e. The van der Waals surface area contributed by atoms with Gasteiger partial charge in [-0.05, 0) is 19.1 Å². The molecule has 2 amide bonds. The summed E-state index contributed by atoms with van der Waals surface area (Å²) in [5, 5.41) is 14.9. The summed E-state index contributed by atoms with van der Waals surface area (Å²) in [7, 11) is 0. The third kappa shape index (κ3) is 2.57. The van der Waals surface area contributed by atoms with Gasteiger partial charge < -0.3 is 5.32 Å². The molecule has 0 aliphatic rings. The van der Waals surface area contributed by atoms with Gasteiger partial charge in [0, 0.05) is 5.69 Å². The highest BCUT2D eigenvalue weighted by atomic mass is 16.2. The number of urea groups is 1. The lowest BCUT2D eigenvalue weighted by atomic mass is 10.2. The van der Waals surface area contributed by atoms with E-state index < -0.39 is 0 Å². The first-order chi connectivity index (χ1) is 7.74. The van der Waals surface area contributed by atoms with Gasteiger partial charge in [-0.25, -0.2) is 4.79 Å². The number of benzene rings is 1. The van der Waals surface area contributed by atoms with Crippen molar-refractivity contribution in [2.75, 3.05) is 10.6 Å². The second-order valence-electron chi connectivity index (χ2n) is 3.30. The van der Waals surface area contributed by atoms with Gasteiger partial charge in [0.1, 0.15) is 0 Å². The molecular weight excluding hydrogens is 206 g/mol. The fraction of sp³-hybridized carbons (Fsp3) is 0.100. The highest BCUT2D eigenvalue weighted by Gasteiger charge is 2.03. The maximum absolute atomic E-state index is 11.5. The van der Waals surface area contributed by atoms with Gasteiger partial charge in [-0.15, -0.1) is 5.10 Å². The van der Waals surface area contributed by atoms with Crippen LogP contribution in [0.3, 0.4) is 0 Å². The predicted octanol–water partition coefficient (Wildman–Crippen LogP) is 1.76. The molecular formula is C10H11N5O. The maximum Gasteiger partial charge on any atom is 0.324 e. The molecule has 0 fully saturated rings. The zero-order valence-electron chi connectivity index (χ0n) is 8.69. The van der Waals surface area contributed by atoms with Crippen LogP contribution >= 0.6 is 0 Å². The molecule has 82 valence electrons. The second kappa shape index (κ2) is 4.43. The van der Waals surface area contributed by atoms with Gasteiger partial charge in [0.05, 0.1) is 6.20 Å². The topological polar surface area (TPSA) is 82.7 Å². The largest absolute Gasteiger partial charge is 0.324 e. The van der Waals surface area contributed by atoms with E-state index in [1.165, 1.54) is 6.20 Å². The van der Waals surface area contributed by atoms with E-state index in [0.29, 0.717) is 5.82 Å². The molecule has 16 heavy (non-hydrogen) atoms. The normalized spacial score (nSPS) is 9.81. The van der Waals surface area contributed by atoms with Gasteiger partial charge in [-0.2, -0.15) is 10.3 Å².